The van der Waals surface area contributed by atoms with E-state index in [1.807, 2.05) is 42.5 Å². The Morgan fingerprint density at radius 2 is 1.58 bits per heavy atom. The molecule has 170 valence electrons. The van der Waals surface area contributed by atoms with E-state index in [-0.39, 0.29) is 29.3 Å². The number of fused-ring (bicyclic) bond motifs is 1. The van der Waals surface area contributed by atoms with Gasteiger partial charge in [0.2, 0.25) is 5.91 Å². The summed E-state index contributed by atoms with van der Waals surface area (Å²) in [5.41, 5.74) is 4.40. The molecule has 0 saturated heterocycles. The molecule has 5 nitrogen and oxygen atoms in total. The number of hydrogen-bond donors (Lipinski definition) is 0. The molecule has 33 heavy (non-hydrogen) atoms. The molecule has 0 aliphatic carbocycles. The standard InChI is InChI=1S/C27H27NO4S/c1-27(2,3)23-13-22(14-24(15-23)28-10-9-25(29)16-26(28)30)21-8-7-19-11-18(17-33(4,31)32)5-6-20(19)12-21/h5-15H,16-17H2,1-4H3. The summed E-state index contributed by atoms with van der Waals surface area (Å²) < 4.78 is 23.3. The van der Waals surface area contributed by atoms with Crippen molar-refractivity contribution < 1.29 is 18.0 Å². The van der Waals surface area contributed by atoms with Crippen LogP contribution in [0.15, 0.2) is 66.9 Å². The molecule has 0 aromatic heterocycles. The molecule has 0 unspecified atom stereocenters. The first-order chi connectivity index (χ1) is 15.4. The van der Waals surface area contributed by atoms with Crippen molar-refractivity contribution in [3.05, 3.63) is 78.0 Å². The Hall–Kier alpha value is -3.25. The number of sulfone groups is 1. The topological polar surface area (TPSA) is 71.5 Å². The van der Waals surface area contributed by atoms with Crippen LogP contribution < -0.4 is 4.90 Å². The Morgan fingerprint density at radius 3 is 2.24 bits per heavy atom. The lowest BCUT2D eigenvalue weighted by atomic mass is 9.84. The fourth-order valence-electron chi connectivity index (χ4n) is 3.98. The highest BCUT2D eigenvalue weighted by Gasteiger charge is 2.23. The maximum absolute atomic E-state index is 12.5. The molecule has 0 spiro atoms. The Morgan fingerprint density at radius 1 is 0.879 bits per heavy atom. The molecule has 6 heteroatoms. The van der Waals surface area contributed by atoms with Crippen LogP contribution in [-0.4, -0.2) is 26.4 Å². The van der Waals surface area contributed by atoms with Crippen LogP contribution in [0.25, 0.3) is 21.9 Å². The molecule has 0 fully saturated rings. The molecule has 0 N–H and O–H groups in total. The van der Waals surface area contributed by atoms with Crippen molar-refractivity contribution in [2.75, 3.05) is 11.2 Å². The fourth-order valence-corrected chi connectivity index (χ4v) is 4.77. The largest absolute Gasteiger partial charge is 0.294 e. The minimum absolute atomic E-state index is 0.0154. The SMILES string of the molecule is CC(C)(C)c1cc(-c2ccc3cc(CS(C)(=O)=O)ccc3c2)cc(N2C=CC(=O)CC2=O)c1. The van der Waals surface area contributed by atoms with Gasteiger partial charge in [-0.2, -0.15) is 0 Å². The number of ketones is 1. The Bertz CT molecular complexity index is 1410. The van der Waals surface area contributed by atoms with Gasteiger partial charge >= 0.3 is 0 Å². The van der Waals surface area contributed by atoms with Gasteiger partial charge in [0.05, 0.1) is 12.2 Å². The monoisotopic (exact) mass is 461 g/mol. The van der Waals surface area contributed by atoms with Gasteiger partial charge in [-0.25, -0.2) is 8.42 Å². The lowest BCUT2D eigenvalue weighted by molar-refractivity contribution is -0.124. The van der Waals surface area contributed by atoms with Gasteiger partial charge in [0, 0.05) is 18.1 Å². The minimum atomic E-state index is -3.10. The van der Waals surface area contributed by atoms with Crippen LogP contribution in [0.2, 0.25) is 0 Å². The summed E-state index contributed by atoms with van der Waals surface area (Å²) in [7, 11) is -3.10. The van der Waals surface area contributed by atoms with E-state index in [2.05, 4.69) is 32.9 Å². The molecule has 3 aromatic carbocycles. The minimum Gasteiger partial charge on any atom is -0.294 e. The van der Waals surface area contributed by atoms with Crippen molar-refractivity contribution >= 4 is 38.0 Å². The lowest BCUT2D eigenvalue weighted by Crippen LogP contribution is -2.31. The summed E-state index contributed by atoms with van der Waals surface area (Å²) in [5, 5.41) is 1.98. The highest BCUT2D eigenvalue weighted by Crippen LogP contribution is 2.35. The van der Waals surface area contributed by atoms with Gasteiger partial charge in [-0.15, -0.1) is 0 Å². The molecular weight excluding hydrogens is 434 g/mol. The first-order valence-electron chi connectivity index (χ1n) is 10.8. The highest BCUT2D eigenvalue weighted by atomic mass is 32.2. The normalized spacial score (nSPS) is 14.8. The van der Waals surface area contributed by atoms with Crippen LogP contribution in [0.3, 0.4) is 0 Å². The number of benzene rings is 3. The smallest absolute Gasteiger partial charge is 0.238 e. The molecule has 3 aromatic rings. The Balaban J connectivity index is 1.80. The number of carbonyl (C=O) groups is 2. The summed E-state index contributed by atoms with van der Waals surface area (Å²) in [6, 6.07) is 17.9. The van der Waals surface area contributed by atoms with E-state index in [1.165, 1.54) is 12.3 Å². The predicted octanol–water partition coefficient (Wildman–Crippen LogP) is 5.17. The lowest BCUT2D eigenvalue weighted by Gasteiger charge is -2.26. The molecule has 0 saturated carbocycles. The van der Waals surface area contributed by atoms with Crippen LogP contribution in [-0.2, 0) is 30.6 Å². The quantitative estimate of drug-likeness (QED) is 0.503. The third-order valence-corrected chi connectivity index (χ3v) is 6.59. The molecule has 1 amide bonds. The van der Waals surface area contributed by atoms with Gasteiger partial charge in [0.1, 0.15) is 0 Å². The average molecular weight is 462 g/mol. The van der Waals surface area contributed by atoms with E-state index in [4.69, 9.17) is 0 Å². The number of carbonyl (C=O) groups excluding carboxylic acids is 2. The fraction of sp³-hybridized carbons (Fsp3) is 0.259. The number of hydrogen-bond acceptors (Lipinski definition) is 4. The number of anilines is 1. The summed E-state index contributed by atoms with van der Waals surface area (Å²) in [6.07, 6.45) is 4.09. The zero-order chi connectivity index (χ0) is 24.0. The van der Waals surface area contributed by atoms with E-state index in [0.717, 1.165) is 38.7 Å². The van der Waals surface area contributed by atoms with Crippen molar-refractivity contribution in [2.45, 2.75) is 38.4 Å². The van der Waals surface area contributed by atoms with Crippen LogP contribution in [0.1, 0.15) is 38.3 Å². The van der Waals surface area contributed by atoms with Crippen molar-refractivity contribution in [1.29, 1.82) is 0 Å². The zero-order valence-electron chi connectivity index (χ0n) is 19.3. The van der Waals surface area contributed by atoms with E-state index < -0.39 is 9.84 Å². The maximum Gasteiger partial charge on any atom is 0.238 e. The summed E-state index contributed by atoms with van der Waals surface area (Å²) in [4.78, 5) is 25.7. The van der Waals surface area contributed by atoms with Crippen LogP contribution >= 0.6 is 0 Å². The van der Waals surface area contributed by atoms with Gasteiger partial charge in [-0.3, -0.25) is 14.5 Å². The van der Waals surface area contributed by atoms with Crippen molar-refractivity contribution in [3.8, 4) is 11.1 Å². The predicted molar refractivity (Wildman–Crippen MR) is 133 cm³/mol. The number of rotatable bonds is 4. The highest BCUT2D eigenvalue weighted by molar-refractivity contribution is 7.89. The van der Waals surface area contributed by atoms with Crippen LogP contribution in [0.5, 0.6) is 0 Å². The maximum atomic E-state index is 12.5. The molecule has 0 bridgehead atoms. The van der Waals surface area contributed by atoms with Crippen molar-refractivity contribution in [2.24, 2.45) is 0 Å². The van der Waals surface area contributed by atoms with Gasteiger partial charge in [0.25, 0.3) is 0 Å². The molecule has 1 aliphatic rings. The number of amides is 1. The van der Waals surface area contributed by atoms with Gasteiger partial charge < -0.3 is 0 Å². The Kier molecular flexibility index (Phi) is 5.74. The average Bonchev–Trinajstić information content (AvgIpc) is 2.71. The van der Waals surface area contributed by atoms with E-state index >= 15 is 0 Å². The second-order valence-electron chi connectivity index (χ2n) is 9.71. The third kappa shape index (κ3) is 5.22. The molecule has 1 aliphatic heterocycles. The Labute approximate surface area is 194 Å². The molecule has 0 atom stereocenters. The third-order valence-electron chi connectivity index (χ3n) is 5.73. The molecule has 4 rings (SSSR count). The van der Waals surface area contributed by atoms with Gasteiger partial charge in [-0.1, -0.05) is 57.2 Å². The van der Waals surface area contributed by atoms with E-state index in [0.29, 0.717) is 0 Å². The second kappa shape index (κ2) is 8.27. The molecule has 1 heterocycles. The number of nitrogens with zero attached hydrogens (tertiary/aromatic N) is 1. The first kappa shape index (κ1) is 22.9. The second-order valence-corrected chi connectivity index (χ2v) is 11.8. The molecular formula is C27H27NO4S. The number of allylic oxidation sites excluding steroid dienone is 1. The summed E-state index contributed by atoms with van der Waals surface area (Å²) >= 11 is 0. The molecule has 0 radical (unpaired) electrons. The van der Waals surface area contributed by atoms with E-state index in [9.17, 15) is 18.0 Å². The van der Waals surface area contributed by atoms with Gasteiger partial charge in [-0.05, 0) is 62.7 Å². The van der Waals surface area contributed by atoms with Crippen molar-refractivity contribution in [3.63, 3.8) is 0 Å². The van der Waals surface area contributed by atoms with Crippen molar-refractivity contribution in [1.82, 2.24) is 0 Å². The van der Waals surface area contributed by atoms with E-state index in [1.54, 1.807) is 11.1 Å². The van der Waals surface area contributed by atoms with Gasteiger partial charge in [0.15, 0.2) is 15.6 Å². The zero-order valence-corrected chi connectivity index (χ0v) is 20.1. The first-order valence-corrected chi connectivity index (χ1v) is 12.8. The van der Waals surface area contributed by atoms with Crippen LogP contribution in [0.4, 0.5) is 5.69 Å². The van der Waals surface area contributed by atoms with Crippen LogP contribution in [0, 0.1) is 0 Å². The summed E-state index contributed by atoms with van der Waals surface area (Å²) in [6.45, 7) is 6.37. The summed E-state index contributed by atoms with van der Waals surface area (Å²) in [5.74, 6) is -0.411.